The van der Waals surface area contributed by atoms with Crippen LogP contribution in [0.4, 0.5) is 5.69 Å². The second-order valence-corrected chi connectivity index (χ2v) is 3.69. The molecule has 0 aliphatic heterocycles. The standard InChI is InChI=1S/C14H14N2O3/c1-3-19-9-13(10(2)17)14(18)16-12-6-4-5-11(7-12)8-15/h4-7,9H,3H2,1-2H3,(H,16,18). The molecule has 0 atom stereocenters. The van der Waals surface area contributed by atoms with Gasteiger partial charge >= 0.3 is 0 Å². The van der Waals surface area contributed by atoms with Crippen LogP contribution in [0.5, 0.6) is 0 Å². The Hall–Kier alpha value is -2.61. The van der Waals surface area contributed by atoms with Gasteiger partial charge in [0.15, 0.2) is 5.78 Å². The first kappa shape index (κ1) is 14.5. The molecule has 98 valence electrons. The molecular formula is C14H14N2O3. The van der Waals surface area contributed by atoms with E-state index in [1.807, 2.05) is 6.07 Å². The molecule has 19 heavy (non-hydrogen) atoms. The number of benzene rings is 1. The molecule has 1 aromatic carbocycles. The van der Waals surface area contributed by atoms with Gasteiger partial charge in [-0.2, -0.15) is 5.26 Å². The average Bonchev–Trinajstić information content (AvgIpc) is 2.39. The van der Waals surface area contributed by atoms with Crippen LogP contribution in [0, 0.1) is 11.3 Å². The van der Waals surface area contributed by atoms with Gasteiger partial charge in [0.05, 0.1) is 24.5 Å². The second-order valence-electron chi connectivity index (χ2n) is 3.69. The summed E-state index contributed by atoms with van der Waals surface area (Å²) >= 11 is 0. The van der Waals surface area contributed by atoms with Crippen molar-refractivity contribution in [3.05, 3.63) is 41.7 Å². The Kier molecular flexibility index (Phi) is 5.30. The molecule has 0 aliphatic carbocycles. The first-order valence-corrected chi connectivity index (χ1v) is 5.72. The minimum absolute atomic E-state index is 0.0655. The molecule has 5 heteroatoms. The summed E-state index contributed by atoms with van der Waals surface area (Å²) in [5.41, 5.74) is 0.813. The highest BCUT2D eigenvalue weighted by Crippen LogP contribution is 2.11. The van der Waals surface area contributed by atoms with Crippen molar-refractivity contribution >= 4 is 17.4 Å². The van der Waals surface area contributed by atoms with E-state index in [2.05, 4.69) is 5.32 Å². The van der Waals surface area contributed by atoms with Crippen molar-refractivity contribution in [3.63, 3.8) is 0 Å². The van der Waals surface area contributed by atoms with Crippen LogP contribution in [0.3, 0.4) is 0 Å². The number of anilines is 1. The summed E-state index contributed by atoms with van der Waals surface area (Å²) < 4.78 is 4.96. The Morgan fingerprint density at radius 1 is 1.47 bits per heavy atom. The van der Waals surface area contributed by atoms with E-state index >= 15 is 0 Å². The number of carbonyl (C=O) groups excluding carboxylic acids is 2. The summed E-state index contributed by atoms with van der Waals surface area (Å²) in [5, 5.41) is 11.3. The molecule has 0 bridgehead atoms. The summed E-state index contributed by atoms with van der Waals surface area (Å²) in [6, 6.07) is 8.40. The van der Waals surface area contributed by atoms with Gasteiger partial charge in [-0.15, -0.1) is 0 Å². The van der Waals surface area contributed by atoms with Crippen molar-refractivity contribution in [1.82, 2.24) is 0 Å². The number of Topliss-reactive ketones (excluding diaryl/α,β-unsaturated/α-hetero) is 1. The summed E-state index contributed by atoms with van der Waals surface area (Å²) in [5.74, 6) is -0.946. The fourth-order valence-corrected chi connectivity index (χ4v) is 1.33. The maximum Gasteiger partial charge on any atom is 0.262 e. The van der Waals surface area contributed by atoms with Crippen LogP contribution in [0.1, 0.15) is 19.4 Å². The third-order valence-electron chi connectivity index (χ3n) is 2.24. The van der Waals surface area contributed by atoms with E-state index in [1.165, 1.54) is 13.0 Å². The van der Waals surface area contributed by atoms with Crippen LogP contribution in [0.15, 0.2) is 36.1 Å². The van der Waals surface area contributed by atoms with Crippen molar-refractivity contribution in [3.8, 4) is 6.07 Å². The molecule has 0 saturated heterocycles. The number of carbonyl (C=O) groups is 2. The summed E-state index contributed by atoms with van der Waals surface area (Å²) in [4.78, 5) is 23.2. The zero-order valence-corrected chi connectivity index (χ0v) is 10.8. The zero-order valence-electron chi connectivity index (χ0n) is 10.8. The fraction of sp³-hybridized carbons (Fsp3) is 0.214. The number of hydrogen-bond acceptors (Lipinski definition) is 4. The maximum atomic E-state index is 11.9. The van der Waals surface area contributed by atoms with Gasteiger partial charge in [-0.05, 0) is 32.0 Å². The smallest absolute Gasteiger partial charge is 0.262 e. The summed E-state index contributed by atoms with van der Waals surface area (Å²) in [7, 11) is 0. The van der Waals surface area contributed by atoms with Crippen molar-refractivity contribution < 1.29 is 14.3 Å². The Balaban J connectivity index is 2.88. The number of nitrogens with zero attached hydrogens (tertiary/aromatic N) is 1. The lowest BCUT2D eigenvalue weighted by Gasteiger charge is -2.07. The Morgan fingerprint density at radius 3 is 2.79 bits per heavy atom. The minimum Gasteiger partial charge on any atom is -0.501 e. The van der Waals surface area contributed by atoms with Crippen LogP contribution in [-0.4, -0.2) is 18.3 Å². The molecule has 0 spiro atoms. The van der Waals surface area contributed by atoms with Gasteiger partial charge in [0.2, 0.25) is 0 Å². The third-order valence-corrected chi connectivity index (χ3v) is 2.24. The minimum atomic E-state index is -0.559. The van der Waals surface area contributed by atoms with Crippen molar-refractivity contribution in [2.75, 3.05) is 11.9 Å². The SMILES string of the molecule is CCOC=C(C(C)=O)C(=O)Nc1cccc(C#N)c1. The van der Waals surface area contributed by atoms with E-state index < -0.39 is 5.91 Å². The maximum absolute atomic E-state index is 11.9. The lowest BCUT2D eigenvalue weighted by Crippen LogP contribution is -2.19. The highest BCUT2D eigenvalue weighted by atomic mass is 16.5. The largest absolute Gasteiger partial charge is 0.501 e. The molecule has 0 unspecified atom stereocenters. The quantitative estimate of drug-likeness (QED) is 0.379. The molecule has 0 saturated carbocycles. The number of hydrogen-bond donors (Lipinski definition) is 1. The predicted octanol–water partition coefficient (Wildman–Crippen LogP) is 2.01. The van der Waals surface area contributed by atoms with Gasteiger partial charge in [-0.1, -0.05) is 6.07 Å². The molecule has 1 aromatic rings. The molecule has 1 amide bonds. The molecule has 1 N–H and O–H groups in total. The molecule has 0 heterocycles. The molecule has 0 fully saturated rings. The summed E-state index contributed by atoms with van der Waals surface area (Å²) in [6.45, 7) is 3.41. The molecule has 5 nitrogen and oxygen atoms in total. The molecule has 0 aliphatic rings. The number of ether oxygens (including phenoxy) is 1. The van der Waals surface area contributed by atoms with E-state index in [4.69, 9.17) is 10.00 Å². The lowest BCUT2D eigenvalue weighted by atomic mass is 10.1. The normalized spacial score (nSPS) is 10.5. The molecule has 0 aromatic heterocycles. The summed E-state index contributed by atoms with van der Waals surface area (Å²) in [6.07, 6.45) is 1.14. The lowest BCUT2D eigenvalue weighted by molar-refractivity contribution is -0.119. The Bertz CT molecular complexity index is 556. The van der Waals surface area contributed by atoms with Crippen LogP contribution < -0.4 is 5.32 Å². The van der Waals surface area contributed by atoms with Gasteiger partial charge in [-0.25, -0.2) is 0 Å². The molecule has 1 rings (SSSR count). The number of amides is 1. The van der Waals surface area contributed by atoms with E-state index in [1.54, 1.807) is 25.1 Å². The van der Waals surface area contributed by atoms with E-state index in [0.29, 0.717) is 17.9 Å². The number of ketones is 1. The van der Waals surface area contributed by atoms with E-state index in [-0.39, 0.29) is 11.4 Å². The van der Waals surface area contributed by atoms with Crippen LogP contribution in [-0.2, 0) is 14.3 Å². The zero-order chi connectivity index (χ0) is 14.3. The number of rotatable bonds is 5. The highest BCUT2D eigenvalue weighted by Gasteiger charge is 2.15. The molecule has 0 radical (unpaired) electrons. The highest BCUT2D eigenvalue weighted by molar-refractivity contribution is 6.22. The van der Waals surface area contributed by atoms with E-state index in [9.17, 15) is 9.59 Å². The van der Waals surface area contributed by atoms with Crippen LogP contribution in [0.25, 0.3) is 0 Å². The van der Waals surface area contributed by atoms with Crippen LogP contribution >= 0.6 is 0 Å². The Morgan fingerprint density at radius 2 is 2.21 bits per heavy atom. The number of nitrogens with one attached hydrogen (secondary N) is 1. The van der Waals surface area contributed by atoms with Gasteiger partial charge in [-0.3, -0.25) is 9.59 Å². The van der Waals surface area contributed by atoms with Crippen molar-refractivity contribution in [2.45, 2.75) is 13.8 Å². The van der Waals surface area contributed by atoms with Gasteiger partial charge in [0.25, 0.3) is 5.91 Å². The first-order chi connectivity index (χ1) is 9.08. The fourth-order valence-electron chi connectivity index (χ4n) is 1.33. The molecular weight excluding hydrogens is 244 g/mol. The number of nitriles is 1. The topological polar surface area (TPSA) is 79.2 Å². The Labute approximate surface area is 111 Å². The van der Waals surface area contributed by atoms with Crippen molar-refractivity contribution in [1.29, 1.82) is 5.26 Å². The van der Waals surface area contributed by atoms with Crippen molar-refractivity contribution in [2.24, 2.45) is 0 Å². The van der Waals surface area contributed by atoms with E-state index in [0.717, 1.165) is 6.26 Å². The van der Waals surface area contributed by atoms with Gasteiger partial charge < -0.3 is 10.1 Å². The van der Waals surface area contributed by atoms with Crippen LogP contribution in [0.2, 0.25) is 0 Å². The average molecular weight is 258 g/mol. The second kappa shape index (κ2) is 6.97. The third kappa shape index (κ3) is 4.28. The first-order valence-electron chi connectivity index (χ1n) is 5.72. The predicted molar refractivity (Wildman–Crippen MR) is 70.2 cm³/mol. The monoisotopic (exact) mass is 258 g/mol. The van der Waals surface area contributed by atoms with Gasteiger partial charge in [0.1, 0.15) is 5.57 Å². The van der Waals surface area contributed by atoms with Gasteiger partial charge in [0, 0.05) is 5.69 Å².